The molecule has 12 heavy (non-hydrogen) atoms. The highest BCUT2D eigenvalue weighted by molar-refractivity contribution is 7.99. The van der Waals surface area contributed by atoms with Crippen LogP contribution in [0.1, 0.15) is 6.42 Å². The number of rotatable bonds is 1. The largest absolute Gasteiger partial charge is 0.373 e. The van der Waals surface area contributed by atoms with E-state index in [2.05, 4.69) is 24.3 Å². The van der Waals surface area contributed by atoms with Gasteiger partial charge in [-0.25, -0.2) is 0 Å². The van der Waals surface area contributed by atoms with E-state index in [9.17, 15) is 0 Å². The third kappa shape index (κ3) is 1.93. The van der Waals surface area contributed by atoms with Crippen molar-refractivity contribution in [2.45, 2.75) is 12.5 Å². The lowest BCUT2D eigenvalue weighted by molar-refractivity contribution is 0.0441. The average molecular weight is 182 g/mol. The molecule has 0 bridgehead atoms. The molecular weight excluding hydrogens is 168 g/mol. The normalized spacial score (nSPS) is 35.3. The van der Waals surface area contributed by atoms with Gasteiger partial charge in [0.1, 0.15) is 0 Å². The first-order chi connectivity index (χ1) is 5.97. The first kappa shape index (κ1) is 8.39. The summed E-state index contributed by atoms with van der Waals surface area (Å²) in [6.45, 7) is 0.805. The molecule has 66 valence electrons. The van der Waals surface area contributed by atoms with E-state index in [0.717, 1.165) is 13.0 Å². The molecule has 0 saturated carbocycles. The second-order valence-electron chi connectivity index (χ2n) is 3.21. The highest BCUT2D eigenvalue weighted by Gasteiger charge is 2.21. The van der Waals surface area contributed by atoms with Gasteiger partial charge in [0, 0.05) is 17.4 Å². The second-order valence-corrected chi connectivity index (χ2v) is 4.28. The van der Waals surface area contributed by atoms with Gasteiger partial charge in [0.15, 0.2) is 0 Å². The highest BCUT2D eigenvalue weighted by atomic mass is 32.2. The summed E-state index contributed by atoms with van der Waals surface area (Å²) in [7, 11) is 0. The van der Waals surface area contributed by atoms with E-state index < -0.39 is 0 Å². The zero-order chi connectivity index (χ0) is 8.23. The van der Waals surface area contributed by atoms with E-state index in [-0.39, 0.29) is 0 Å². The summed E-state index contributed by atoms with van der Waals surface area (Å²) in [4.78, 5) is 0. The molecule has 1 nitrogen and oxygen atoms in total. The van der Waals surface area contributed by atoms with Crippen LogP contribution in [-0.4, -0.2) is 24.2 Å². The first-order valence-electron chi connectivity index (χ1n) is 4.48. The molecule has 0 fully saturated rings. The van der Waals surface area contributed by atoms with Crippen molar-refractivity contribution >= 4 is 11.8 Å². The van der Waals surface area contributed by atoms with Gasteiger partial charge in [-0.2, -0.15) is 11.8 Å². The Bertz CT molecular complexity index is 198. The maximum absolute atomic E-state index is 5.67. The molecule has 0 aromatic rings. The van der Waals surface area contributed by atoms with Crippen molar-refractivity contribution in [1.82, 2.24) is 0 Å². The van der Waals surface area contributed by atoms with Crippen molar-refractivity contribution in [3.05, 3.63) is 24.3 Å². The topological polar surface area (TPSA) is 9.23 Å². The van der Waals surface area contributed by atoms with Crippen LogP contribution in [0.3, 0.4) is 0 Å². The number of hydrogen-bond acceptors (Lipinski definition) is 2. The van der Waals surface area contributed by atoms with Crippen LogP contribution in [0.15, 0.2) is 24.3 Å². The van der Waals surface area contributed by atoms with Crippen molar-refractivity contribution in [3.63, 3.8) is 0 Å². The molecule has 2 aliphatic rings. The van der Waals surface area contributed by atoms with Gasteiger partial charge in [-0.15, -0.1) is 0 Å². The maximum atomic E-state index is 5.67. The lowest BCUT2D eigenvalue weighted by Crippen LogP contribution is -2.27. The molecule has 2 heterocycles. The Morgan fingerprint density at radius 1 is 1.25 bits per heavy atom. The van der Waals surface area contributed by atoms with Crippen LogP contribution >= 0.6 is 11.8 Å². The SMILES string of the molecule is C1=CCC(C2C=CCSC2)OC1. The Labute approximate surface area is 77.9 Å². The minimum absolute atomic E-state index is 0.444. The molecule has 2 unspecified atom stereocenters. The zero-order valence-corrected chi connectivity index (χ0v) is 7.93. The van der Waals surface area contributed by atoms with Gasteiger partial charge in [0.2, 0.25) is 0 Å². The molecule has 2 aliphatic heterocycles. The van der Waals surface area contributed by atoms with Crippen LogP contribution in [0.4, 0.5) is 0 Å². The minimum atomic E-state index is 0.444. The van der Waals surface area contributed by atoms with E-state index in [1.54, 1.807) is 0 Å². The van der Waals surface area contributed by atoms with Crippen LogP contribution < -0.4 is 0 Å². The number of hydrogen-bond donors (Lipinski definition) is 0. The Morgan fingerprint density at radius 2 is 2.25 bits per heavy atom. The van der Waals surface area contributed by atoms with Gasteiger partial charge in [0.25, 0.3) is 0 Å². The highest BCUT2D eigenvalue weighted by Crippen LogP contribution is 2.24. The summed E-state index contributed by atoms with van der Waals surface area (Å²) in [5.41, 5.74) is 0. The third-order valence-corrected chi connectivity index (χ3v) is 3.38. The van der Waals surface area contributed by atoms with Crippen molar-refractivity contribution in [3.8, 4) is 0 Å². The average Bonchev–Trinajstić information content (AvgIpc) is 2.21. The number of ether oxygens (including phenoxy) is 1. The van der Waals surface area contributed by atoms with Crippen molar-refractivity contribution in [2.75, 3.05) is 18.1 Å². The summed E-state index contributed by atoms with van der Waals surface area (Å²) < 4.78 is 5.67. The molecule has 0 N–H and O–H groups in total. The predicted octanol–water partition coefficient (Wildman–Crippen LogP) is 2.25. The van der Waals surface area contributed by atoms with Crippen molar-refractivity contribution in [2.24, 2.45) is 5.92 Å². The van der Waals surface area contributed by atoms with Gasteiger partial charge in [0.05, 0.1) is 12.7 Å². The third-order valence-electron chi connectivity index (χ3n) is 2.33. The smallest absolute Gasteiger partial charge is 0.0684 e. The summed E-state index contributed by atoms with van der Waals surface area (Å²) in [5, 5.41) is 0. The molecule has 0 radical (unpaired) electrons. The Morgan fingerprint density at radius 3 is 2.92 bits per heavy atom. The Kier molecular flexibility index (Phi) is 2.90. The summed E-state index contributed by atoms with van der Waals surface area (Å²) in [5.74, 6) is 3.06. The quantitative estimate of drug-likeness (QED) is 0.575. The number of thioether (sulfide) groups is 1. The fourth-order valence-electron chi connectivity index (χ4n) is 1.63. The van der Waals surface area contributed by atoms with Gasteiger partial charge >= 0.3 is 0 Å². The second kappa shape index (κ2) is 4.15. The standard InChI is InChI=1S/C10H14OS/c1-2-6-11-10(5-1)9-4-3-7-12-8-9/h1-4,9-10H,5-8H2. The van der Waals surface area contributed by atoms with Crippen LogP contribution in [0, 0.1) is 5.92 Å². The summed E-state index contributed by atoms with van der Waals surface area (Å²) in [6.07, 6.45) is 10.5. The molecule has 0 aromatic heterocycles. The molecule has 0 saturated heterocycles. The van der Waals surface area contributed by atoms with Crippen LogP contribution in [0.2, 0.25) is 0 Å². The van der Waals surface area contributed by atoms with Gasteiger partial charge in [-0.1, -0.05) is 24.3 Å². The first-order valence-corrected chi connectivity index (χ1v) is 5.63. The molecule has 0 amide bonds. The molecular formula is C10H14OS. The van der Waals surface area contributed by atoms with Crippen LogP contribution in [0.25, 0.3) is 0 Å². The van der Waals surface area contributed by atoms with Crippen molar-refractivity contribution in [1.29, 1.82) is 0 Å². The molecule has 0 spiro atoms. The Balaban J connectivity index is 1.94. The van der Waals surface area contributed by atoms with E-state index >= 15 is 0 Å². The molecule has 2 heteroatoms. The van der Waals surface area contributed by atoms with Crippen LogP contribution in [0.5, 0.6) is 0 Å². The summed E-state index contributed by atoms with van der Waals surface area (Å²) in [6, 6.07) is 0. The lowest BCUT2D eigenvalue weighted by atomic mass is 9.99. The molecule has 2 rings (SSSR count). The zero-order valence-electron chi connectivity index (χ0n) is 7.11. The maximum Gasteiger partial charge on any atom is 0.0684 e. The molecule has 0 aromatic carbocycles. The fourth-order valence-corrected chi connectivity index (χ4v) is 2.61. The van der Waals surface area contributed by atoms with E-state index in [1.807, 2.05) is 11.8 Å². The predicted molar refractivity (Wildman–Crippen MR) is 53.5 cm³/mol. The van der Waals surface area contributed by atoms with E-state index in [4.69, 9.17) is 4.74 Å². The molecule has 2 atom stereocenters. The minimum Gasteiger partial charge on any atom is -0.373 e. The summed E-state index contributed by atoms with van der Waals surface area (Å²) >= 11 is 2.01. The van der Waals surface area contributed by atoms with E-state index in [0.29, 0.717) is 12.0 Å². The fraction of sp³-hybridized carbons (Fsp3) is 0.600. The van der Waals surface area contributed by atoms with Gasteiger partial charge < -0.3 is 4.74 Å². The Hall–Kier alpha value is -0.210. The van der Waals surface area contributed by atoms with Gasteiger partial charge in [-0.05, 0) is 6.42 Å². The van der Waals surface area contributed by atoms with Gasteiger partial charge in [-0.3, -0.25) is 0 Å². The molecule has 0 aliphatic carbocycles. The monoisotopic (exact) mass is 182 g/mol. The van der Waals surface area contributed by atoms with Crippen LogP contribution in [-0.2, 0) is 4.74 Å². The van der Waals surface area contributed by atoms with E-state index in [1.165, 1.54) is 11.5 Å². The lowest BCUT2D eigenvalue weighted by Gasteiger charge is -2.27. The van der Waals surface area contributed by atoms with Crippen molar-refractivity contribution < 1.29 is 4.74 Å².